The molecule has 27 heavy (non-hydrogen) atoms. The third kappa shape index (κ3) is 4.87. The predicted octanol–water partition coefficient (Wildman–Crippen LogP) is 4.69. The lowest BCUT2D eigenvalue weighted by atomic mass is 10.0. The van der Waals surface area contributed by atoms with Gasteiger partial charge in [-0.1, -0.05) is 0 Å². The van der Waals surface area contributed by atoms with Crippen LogP contribution in [0.15, 0.2) is 29.3 Å². The van der Waals surface area contributed by atoms with Gasteiger partial charge in [-0.15, -0.1) is 0 Å². The van der Waals surface area contributed by atoms with Crippen molar-refractivity contribution in [2.45, 2.75) is 27.4 Å². The largest absolute Gasteiger partial charge is 0.457 e. The Labute approximate surface area is 156 Å². The third-order valence-corrected chi connectivity index (χ3v) is 4.32. The highest BCUT2D eigenvalue weighted by Crippen LogP contribution is 2.25. The first-order valence-corrected chi connectivity index (χ1v) is 8.39. The van der Waals surface area contributed by atoms with Crippen LogP contribution in [0.3, 0.4) is 0 Å². The number of halogens is 3. The Bertz CT molecular complexity index is 882. The van der Waals surface area contributed by atoms with E-state index in [4.69, 9.17) is 4.74 Å². The lowest BCUT2D eigenvalue weighted by Crippen LogP contribution is -2.14. The van der Waals surface area contributed by atoms with Crippen LogP contribution in [-0.4, -0.2) is 30.8 Å². The van der Waals surface area contributed by atoms with E-state index in [1.54, 1.807) is 25.4 Å². The zero-order valence-electron chi connectivity index (χ0n) is 15.6. The summed E-state index contributed by atoms with van der Waals surface area (Å²) in [5.41, 5.74) is 2.28. The lowest BCUT2D eigenvalue weighted by molar-refractivity contribution is 0.0467. The number of rotatable bonds is 6. The summed E-state index contributed by atoms with van der Waals surface area (Å²) in [4.78, 5) is 18.6. The van der Waals surface area contributed by atoms with E-state index in [0.717, 1.165) is 17.8 Å². The van der Waals surface area contributed by atoms with Crippen LogP contribution in [0, 0.1) is 31.3 Å². The minimum atomic E-state index is -1.29. The fourth-order valence-electron chi connectivity index (χ4n) is 2.31. The second kappa shape index (κ2) is 8.70. The van der Waals surface area contributed by atoms with E-state index in [1.165, 1.54) is 0 Å². The molecule has 0 unspecified atom stereocenters. The number of ether oxygens (including phenoxy) is 1. The highest BCUT2D eigenvalue weighted by Gasteiger charge is 2.16. The standard InChI is InChI=1S/C20H21F3N2O2/c1-5-25(4)11-24-19-7-6-15(12(2)13(19)3)20(26)27-10-14-8-17(22)18(23)9-16(14)21/h6-9,11H,5,10H2,1-4H3. The molecule has 0 saturated heterocycles. The first-order valence-electron chi connectivity index (χ1n) is 8.39. The molecule has 2 rings (SSSR count). The Morgan fingerprint density at radius 2 is 1.78 bits per heavy atom. The molecule has 0 bridgehead atoms. The Kier molecular flexibility index (Phi) is 6.60. The maximum atomic E-state index is 13.6. The normalized spacial score (nSPS) is 11.1. The lowest BCUT2D eigenvalue weighted by Gasteiger charge is -2.13. The fourth-order valence-corrected chi connectivity index (χ4v) is 2.31. The smallest absolute Gasteiger partial charge is 0.338 e. The van der Waals surface area contributed by atoms with Gasteiger partial charge >= 0.3 is 5.97 Å². The topological polar surface area (TPSA) is 41.9 Å². The molecule has 0 spiro atoms. The summed E-state index contributed by atoms with van der Waals surface area (Å²) in [5, 5.41) is 0. The molecule has 0 aliphatic carbocycles. The summed E-state index contributed by atoms with van der Waals surface area (Å²) in [7, 11) is 1.90. The molecule has 0 radical (unpaired) electrons. The van der Waals surface area contributed by atoms with Crippen molar-refractivity contribution in [3.05, 3.63) is 64.0 Å². The van der Waals surface area contributed by atoms with E-state index in [1.807, 2.05) is 25.8 Å². The van der Waals surface area contributed by atoms with Gasteiger partial charge in [0, 0.05) is 25.2 Å². The monoisotopic (exact) mass is 378 g/mol. The molecule has 0 N–H and O–H groups in total. The summed E-state index contributed by atoms with van der Waals surface area (Å²) in [6.07, 6.45) is 1.70. The van der Waals surface area contributed by atoms with Crippen molar-refractivity contribution in [3.8, 4) is 0 Å². The van der Waals surface area contributed by atoms with E-state index < -0.39 is 30.0 Å². The average Bonchev–Trinajstić information content (AvgIpc) is 2.64. The van der Waals surface area contributed by atoms with Crippen LogP contribution in [0.5, 0.6) is 0 Å². The molecule has 2 aromatic rings. The molecule has 0 heterocycles. The Balaban J connectivity index is 2.16. The Morgan fingerprint density at radius 1 is 1.11 bits per heavy atom. The summed E-state index contributed by atoms with van der Waals surface area (Å²) in [6.45, 7) is 5.90. The molecular weight excluding hydrogens is 357 g/mol. The molecule has 0 saturated carbocycles. The van der Waals surface area contributed by atoms with Gasteiger partial charge in [0.25, 0.3) is 0 Å². The quantitative estimate of drug-likeness (QED) is 0.317. The zero-order chi connectivity index (χ0) is 20.1. The van der Waals surface area contributed by atoms with Gasteiger partial charge in [0.1, 0.15) is 12.4 Å². The number of carbonyl (C=O) groups excluding carboxylic acids is 1. The van der Waals surface area contributed by atoms with E-state index >= 15 is 0 Å². The van der Waals surface area contributed by atoms with Gasteiger partial charge in [-0.3, -0.25) is 0 Å². The maximum absolute atomic E-state index is 13.6. The summed E-state index contributed by atoms with van der Waals surface area (Å²) >= 11 is 0. The number of aliphatic imine (C=N–C) groups is 1. The van der Waals surface area contributed by atoms with E-state index in [-0.39, 0.29) is 5.56 Å². The van der Waals surface area contributed by atoms with Gasteiger partial charge in [0.2, 0.25) is 0 Å². The second-order valence-electron chi connectivity index (χ2n) is 6.13. The number of carbonyl (C=O) groups is 1. The van der Waals surface area contributed by atoms with Gasteiger partial charge in [0.15, 0.2) is 11.6 Å². The van der Waals surface area contributed by atoms with Crippen LogP contribution in [0.4, 0.5) is 18.9 Å². The van der Waals surface area contributed by atoms with Crippen LogP contribution in [-0.2, 0) is 11.3 Å². The van der Waals surface area contributed by atoms with Crippen molar-refractivity contribution >= 4 is 18.0 Å². The van der Waals surface area contributed by atoms with Crippen molar-refractivity contribution in [3.63, 3.8) is 0 Å². The predicted molar refractivity (Wildman–Crippen MR) is 97.8 cm³/mol. The molecule has 144 valence electrons. The van der Waals surface area contributed by atoms with Crippen molar-refractivity contribution < 1.29 is 22.7 Å². The average molecular weight is 378 g/mol. The van der Waals surface area contributed by atoms with E-state index in [0.29, 0.717) is 23.3 Å². The maximum Gasteiger partial charge on any atom is 0.338 e. The number of hydrogen-bond acceptors (Lipinski definition) is 3. The van der Waals surface area contributed by atoms with Gasteiger partial charge in [-0.25, -0.2) is 23.0 Å². The first kappa shape index (κ1) is 20.5. The van der Waals surface area contributed by atoms with Crippen LogP contribution >= 0.6 is 0 Å². The number of nitrogens with zero attached hydrogens (tertiary/aromatic N) is 2. The van der Waals surface area contributed by atoms with Gasteiger partial charge < -0.3 is 9.64 Å². The molecule has 0 aliphatic rings. The molecule has 0 amide bonds. The van der Waals surface area contributed by atoms with Crippen LogP contribution < -0.4 is 0 Å². The minimum Gasteiger partial charge on any atom is -0.457 e. The Morgan fingerprint density at radius 3 is 2.44 bits per heavy atom. The first-order chi connectivity index (χ1) is 12.7. The van der Waals surface area contributed by atoms with Crippen LogP contribution in [0.1, 0.15) is 34.0 Å². The molecule has 0 aromatic heterocycles. The highest BCUT2D eigenvalue weighted by molar-refractivity contribution is 5.92. The van der Waals surface area contributed by atoms with Gasteiger partial charge in [0.05, 0.1) is 17.6 Å². The molecule has 0 fully saturated rings. The Hall–Kier alpha value is -2.83. The number of benzene rings is 2. The van der Waals surface area contributed by atoms with Crippen molar-refractivity contribution in [2.24, 2.45) is 4.99 Å². The van der Waals surface area contributed by atoms with Crippen molar-refractivity contribution in [1.29, 1.82) is 0 Å². The second-order valence-corrected chi connectivity index (χ2v) is 6.13. The van der Waals surface area contributed by atoms with Crippen LogP contribution in [0.2, 0.25) is 0 Å². The molecule has 4 nitrogen and oxygen atoms in total. The van der Waals surface area contributed by atoms with Gasteiger partial charge in [-0.05, 0) is 50.1 Å². The molecule has 0 atom stereocenters. The van der Waals surface area contributed by atoms with Crippen molar-refractivity contribution in [1.82, 2.24) is 4.90 Å². The molecule has 7 heteroatoms. The van der Waals surface area contributed by atoms with E-state index in [9.17, 15) is 18.0 Å². The van der Waals surface area contributed by atoms with Crippen molar-refractivity contribution in [2.75, 3.05) is 13.6 Å². The molecular formula is C20H21F3N2O2. The third-order valence-electron chi connectivity index (χ3n) is 4.32. The summed E-state index contributed by atoms with van der Waals surface area (Å²) in [6, 6.07) is 4.37. The highest BCUT2D eigenvalue weighted by atomic mass is 19.2. The van der Waals surface area contributed by atoms with Gasteiger partial charge in [-0.2, -0.15) is 0 Å². The zero-order valence-corrected chi connectivity index (χ0v) is 15.6. The van der Waals surface area contributed by atoms with Crippen LogP contribution in [0.25, 0.3) is 0 Å². The minimum absolute atomic E-state index is 0.236. The SMILES string of the molecule is CCN(C)C=Nc1ccc(C(=O)OCc2cc(F)c(F)cc2F)c(C)c1C. The fraction of sp³-hybridized carbons (Fsp3) is 0.300. The molecule has 2 aromatic carbocycles. The number of esters is 1. The summed E-state index contributed by atoms with van der Waals surface area (Å²) < 4.78 is 44.9. The summed E-state index contributed by atoms with van der Waals surface area (Å²) in [5.74, 6) is -4.15. The molecule has 0 aliphatic heterocycles. The number of hydrogen-bond donors (Lipinski definition) is 0. The van der Waals surface area contributed by atoms with E-state index in [2.05, 4.69) is 4.99 Å².